The average Bonchev–Trinajstić information content (AvgIpc) is 3.28. The van der Waals surface area contributed by atoms with Crippen LogP contribution < -0.4 is 14.8 Å². The van der Waals surface area contributed by atoms with Gasteiger partial charge in [-0.3, -0.25) is 15.4 Å². The van der Waals surface area contributed by atoms with E-state index in [-0.39, 0.29) is 18.0 Å². The van der Waals surface area contributed by atoms with Crippen molar-refractivity contribution in [2.45, 2.75) is 31.3 Å². The summed E-state index contributed by atoms with van der Waals surface area (Å²) >= 11 is 0. The lowest BCUT2D eigenvalue weighted by Gasteiger charge is -2.23. The Kier molecular flexibility index (Phi) is 4.29. The average molecular weight is 291 g/mol. The highest BCUT2D eigenvalue weighted by Gasteiger charge is 2.33. The predicted molar refractivity (Wildman–Crippen MR) is 75.3 cm³/mol. The van der Waals surface area contributed by atoms with Gasteiger partial charge >= 0.3 is 0 Å². The van der Waals surface area contributed by atoms with Crippen molar-refractivity contribution in [1.82, 2.24) is 5.32 Å². The molecule has 1 atom stereocenters. The third kappa shape index (κ3) is 3.83. The summed E-state index contributed by atoms with van der Waals surface area (Å²) in [6.07, 6.45) is 2.14. The summed E-state index contributed by atoms with van der Waals surface area (Å²) in [4.78, 5) is 10.2. The summed E-state index contributed by atoms with van der Waals surface area (Å²) in [7, 11) is 1.41. The second-order valence-corrected chi connectivity index (χ2v) is 5.24. The van der Waals surface area contributed by atoms with Crippen LogP contribution in [0.4, 0.5) is 5.69 Å². The van der Waals surface area contributed by atoms with Gasteiger partial charge < -0.3 is 9.47 Å². The number of methoxy groups -OCH3 is 1. The van der Waals surface area contributed by atoms with Gasteiger partial charge in [0.2, 0.25) is 0 Å². The number of benzene rings is 1. The van der Waals surface area contributed by atoms with E-state index >= 15 is 0 Å². The van der Waals surface area contributed by atoms with Crippen LogP contribution in [0.2, 0.25) is 0 Å². The fraction of sp³-hybridized carbons (Fsp3) is 0.500. The van der Waals surface area contributed by atoms with E-state index in [1.807, 2.05) is 0 Å². The lowest BCUT2D eigenvalue weighted by molar-refractivity contribution is -0.384. The molecule has 2 rings (SSSR count). The zero-order valence-corrected chi connectivity index (χ0v) is 12.0. The van der Waals surface area contributed by atoms with Gasteiger partial charge in [0, 0.05) is 12.1 Å². The standard InChI is InChI=1S/C14H17N3O4/c1-14(8-15,16-10-3-4-10)9-21-12-6-5-11(17(18)19)7-13(12)20-2/h5-7,10,16H,3-4,9H2,1-2H3. The summed E-state index contributed by atoms with van der Waals surface area (Å²) in [6.45, 7) is 1.90. The molecule has 0 spiro atoms. The van der Waals surface area contributed by atoms with Crippen LogP contribution in [0.5, 0.6) is 11.5 Å². The van der Waals surface area contributed by atoms with Crippen LogP contribution >= 0.6 is 0 Å². The van der Waals surface area contributed by atoms with Gasteiger partial charge in [-0.1, -0.05) is 0 Å². The molecule has 0 aliphatic heterocycles. The van der Waals surface area contributed by atoms with Gasteiger partial charge in [-0.2, -0.15) is 5.26 Å². The Bertz CT molecular complexity index is 580. The number of nitriles is 1. The molecule has 0 bridgehead atoms. The molecule has 1 aromatic rings. The minimum absolute atomic E-state index is 0.0710. The highest BCUT2D eigenvalue weighted by Crippen LogP contribution is 2.32. The second kappa shape index (κ2) is 5.97. The van der Waals surface area contributed by atoms with Crippen LogP contribution in [0, 0.1) is 21.4 Å². The van der Waals surface area contributed by atoms with E-state index in [4.69, 9.17) is 9.47 Å². The van der Waals surface area contributed by atoms with Crippen LogP contribution in [0.1, 0.15) is 19.8 Å². The molecule has 7 heteroatoms. The van der Waals surface area contributed by atoms with Gasteiger partial charge in [0.25, 0.3) is 5.69 Å². The van der Waals surface area contributed by atoms with Crippen molar-refractivity contribution >= 4 is 5.69 Å². The molecule has 21 heavy (non-hydrogen) atoms. The number of nitrogens with zero attached hydrogens (tertiary/aromatic N) is 2. The SMILES string of the molecule is COc1cc([N+](=O)[O-])ccc1OCC(C)(C#N)NC1CC1. The van der Waals surface area contributed by atoms with E-state index in [0.717, 1.165) is 12.8 Å². The van der Waals surface area contributed by atoms with Crippen molar-refractivity contribution < 1.29 is 14.4 Å². The molecule has 0 saturated heterocycles. The minimum atomic E-state index is -0.798. The van der Waals surface area contributed by atoms with E-state index in [9.17, 15) is 15.4 Å². The molecule has 0 aromatic heterocycles. The number of rotatable bonds is 7. The molecule has 1 fully saturated rings. The van der Waals surface area contributed by atoms with Gasteiger partial charge in [0.1, 0.15) is 12.1 Å². The van der Waals surface area contributed by atoms with Crippen LogP contribution in [-0.4, -0.2) is 30.2 Å². The van der Waals surface area contributed by atoms with Crippen molar-refractivity contribution in [3.8, 4) is 17.6 Å². The summed E-state index contributed by atoms with van der Waals surface area (Å²) in [5.41, 5.74) is -0.869. The smallest absolute Gasteiger partial charge is 0.273 e. The van der Waals surface area contributed by atoms with Crippen LogP contribution in [0.3, 0.4) is 0 Å². The number of hydrogen-bond acceptors (Lipinski definition) is 6. The third-order valence-corrected chi connectivity index (χ3v) is 3.22. The summed E-state index contributed by atoms with van der Waals surface area (Å²) in [5, 5.41) is 23.2. The van der Waals surface area contributed by atoms with E-state index in [0.29, 0.717) is 11.8 Å². The Morgan fingerprint density at radius 3 is 2.76 bits per heavy atom. The van der Waals surface area contributed by atoms with E-state index in [1.54, 1.807) is 6.92 Å². The molecule has 7 nitrogen and oxygen atoms in total. The Hall–Kier alpha value is -2.33. The first kappa shape index (κ1) is 15.1. The van der Waals surface area contributed by atoms with Crippen LogP contribution in [0.25, 0.3) is 0 Å². The number of nitro benzene ring substituents is 1. The second-order valence-electron chi connectivity index (χ2n) is 5.24. The Morgan fingerprint density at radius 2 is 2.24 bits per heavy atom. The zero-order valence-electron chi connectivity index (χ0n) is 12.0. The summed E-state index contributed by atoms with van der Waals surface area (Å²) in [5.74, 6) is 0.651. The Morgan fingerprint density at radius 1 is 1.52 bits per heavy atom. The fourth-order valence-electron chi connectivity index (χ4n) is 1.90. The van der Waals surface area contributed by atoms with Crippen LogP contribution in [0.15, 0.2) is 18.2 Å². The molecule has 0 radical (unpaired) electrons. The number of ether oxygens (including phenoxy) is 2. The first-order chi connectivity index (χ1) is 9.97. The number of nitrogens with one attached hydrogen (secondary N) is 1. The van der Waals surface area contributed by atoms with Crippen molar-refractivity contribution in [3.63, 3.8) is 0 Å². The largest absolute Gasteiger partial charge is 0.493 e. The molecule has 1 aromatic carbocycles. The quantitative estimate of drug-likeness (QED) is 0.609. The van der Waals surface area contributed by atoms with Gasteiger partial charge in [-0.15, -0.1) is 0 Å². The van der Waals surface area contributed by atoms with Crippen molar-refractivity contribution in [1.29, 1.82) is 5.26 Å². The van der Waals surface area contributed by atoms with Crippen LogP contribution in [-0.2, 0) is 0 Å². The van der Waals surface area contributed by atoms with Crippen molar-refractivity contribution in [3.05, 3.63) is 28.3 Å². The van der Waals surface area contributed by atoms with E-state index in [2.05, 4.69) is 11.4 Å². The maximum Gasteiger partial charge on any atom is 0.273 e. The maximum absolute atomic E-state index is 10.7. The normalized spacial score (nSPS) is 16.6. The minimum Gasteiger partial charge on any atom is -0.493 e. The molecule has 1 N–H and O–H groups in total. The van der Waals surface area contributed by atoms with Crippen molar-refractivity contribution in [2.24, 2.45) is 0 Å². The third-order valence-electron chi connectivity index (χ3n) is 3.22. The predicted octanol–water partition coefficient (Wildman–Crippen LogP) is 2.02. The van der Waals surface area contributed by atoms with Gasteiger partial charge in [0.05, 0.1) is 24.2 Å². The Labute approximate surface area is 122 Å². The summed E-state index contributed by atoms with van der Waals surface area (Å²) in [6, 6.07) is 6.69. The topological polar surface area (TPSA) is 97.4 Å². The molecular weight excluding hydrogens is 274 g/mol. The summed E-state index contributed by atoms with van der Waals surface area (Å²) < 4.78 is 10.7. The van der Waals surface area contributed by atoms with Crippen molar-refractivity contribution in [2.75, 3.05) is 13.7 Å². The fourth-order valence-corrected chi connectivity index (χ4v) is 1.90. The molecule has 1 aliphatic rings. The molecule has 1 unspecified atom stereocenters. The molecule has 112 valence electrons. The highest BCUT2D eigenvalue weighted by atomic mass is 16.6. The number of non-ortho nitro benzene ring substituents is 1. The van der Waals surface area contributed by atoms with E-state index in [1.165, 1.54) is 25.3 Å². The maximum atomic E-state index is 10.7. The molecule has 1 aliphatic carbocycles. The zero-order chi connectivity index (χ0) is 15.5. The lowest BCUT2D eigenvalue weighted by Crippen LogP contribution is -2.47. The molecule has 0 amide bonds. The van der Waals surface area contributed by atoms with Gasteiger partial charge in [0.15, 0.2) is 11.5 Å². The highest BCUT2D eigenvalue weighted by molar-refractivity contribution is 5.48. The first-order valence-corrected chi connectivity index (χ1v) is 6.61. The number of nitro groups is 1. The van der Waals surface area contributed by atoms with Gasteiger partial charge in [-0.25, -0.2) is 0 Å². The lowest BCUT2D eigenvalue weighted by atomic mass is 10.1. The molecular formula is C14H17N3O4. The number of hydrogen-bond donors (Lipinski definition) is 1. The monoisotopic (exact) mass is 291 g/mol. The first-order valence-electron chi connectivity index (χ1n) is 6.61. The molecule has 1 saturated carbocycles. The van der Waals surface area contributed by atoms with E-state index < -0.39 is 10.5 Å². The Balaban J connectivity index is 2.08. The molecule has 0 heterocycles. The van der Waals surface area contributed by atoms with Gasteiger partial charge in [-0.05, 0) is 25.8 Å².